The first-order valence-corrected chi connectivity index (χ1v) is 5.03. The number of hydrogen-bond donors (Lipinski definition) is 2. The molecule has 100 valence electrons. The Morgan fingerprint density at radius 3 is 2.61 bits per heavy atom. The fourth-order valence-corrected chi connectivity index (χ4v) is 1.32. The number of anilines is 1. The molecule has 0 aliphatic carbocycles. The number of aromatic nitrogens is 1. The Hall–Kier alpha value is -1.83. The van der Waals surface area contributed by atoms with Crippen LogP contribution in [0.5, 0.6) is 0 Å². The van der Waals surface area contributed by atoms with E-state index in [-0.39, 0.29) is 11.5 Å². The van der Waals surface area contributed by atoms with Gasteiger partial charge in [-0.1, -0.05) is 6.07 Å². The van der Waals surface area contributed by atoms with Gasteiger partial charge in [0.05, 0.1) is 6.61 Å². The molecular weight excluding hydrogens is 251 g/mol. The summed E-state index contributed by atoms with van der Waals surface area (Å²) in [4.78, 5) is 15.9. The van der Waals surface area contributed by atoms with Gasteiger partial charge >= 0.3 is 6.18 Å². The topological polar surface area (TPSA) is 79.5 Å². The van der Waals surface area contributed by atoms with E-state index in [9.17, 15) is 18.0 Å². The van der Waals surface area contributed by atoms with Crippen molar-refractivity contribution in [2.75, 3.05) is 25.4 Å². The van der Waals surface area contributed by atoms with Crippen LogP contribution in [-0.4, -0.2) is 46.8 Å². The largest absolute Gasteiger partial charge is 0.406 e. The molecule has 1 aromatic heterocycles. The quantitative estimate of drug-likeness (QED) is 0.836. The fourth-order valence-electron chi connectivity index (χ4n) is 1.32. The first-order chi connectivity index (χ1) is 8.33. The van der Waals surface area contributed by atoms with Crippen molar-refractivity contribution in [2.24, 2.45) is 0 Å². The predicted molar refractivity (Wildman–Crippen MR) is 57.7 cm³/mol. The first-order valence-electron chi connectivity index (χ1n) is 5.03. The number of nitrogens with two attached hydrogens (primary N) is 1. The average Bonchev–Trinajstić information content (AvgIpc) is 2.26. The number of alkyl halides is 3. The van der Waals surface area contributed by atoms with E-state index in [1.54, 1.807) is 0 Å². The van der Waals surface area contributed by atoms with Crippen LogP contribution >= 0.6 is 0 Å². The van der Waals surface area contributed by atoms with Crippen molar-refractivity contribution in [1.82, 2.24) is 9.88 Å². The van der Waals surface area contributed by atoms with E-state index in [4.69, 9.17) is 10.8 Å². The molecule has 3 N–H and O–H groups in total. The number of carbonyl (C=O) groups is 1. The number of halogens is 3. The molecule has 1 amide bonds. The zero-order valence-corrected chi connectivity index (χ0v) is 9.31. The van der Waals surface area contributed by atoms with Gasteiger partial charge < -0.3 is 15.7 Å². The van der Waals surface area contributed by atoms with Gasteiger partial charge in [-0.05, 0) is 12.1 Å². The lowest BCUT2D eigenvalue weighted by Gasteiger charge is -2.22. The summed E-state index contributed by atoms with van der Waals surface area (Å²) in [6.07, 6.45) is -4.54. The molecule has 8 heteroatoms. The van der Waals surface area contributed by atoms with E-state index in [0.29, 0.717) is 4.90 Å². The van der Waals surface area contributed by atoms with Gasteiger partial charge in [-0.15, -0.1) is 0 Å². The molecule has 5 nitrogen and oxygen atoms in total. The molecule has 0 radical (unpaired) electrons. The molecule has 0 saturated carbocycles. The fraction of sp³-hybridized carbons (Fsp3) is 0.400. The van der Waals surface area contributed by atoms with Crippen LogP contribution in [0.3, 0.4) is 0 Å². The number of rotatable bonds is 4. The highest BCUT2D eigenvalue weighted by molar-refractivity contribution is 5.92. The second kappa shape index (κ2) is 5.67. The molecule has 0 saturated heterocycles. The maximum Gasteiger partial charge on any atom is 0.406 e. The van der Waals surface area contributed by atoms with Crippen molar-refractivity contribution >= 4 is 11.7 Å². The predicted octanol–water partition coefficient (Wildman–Crippen LogP) is 0.661. The third kappa shape index (κ3) is 4.21. The lowest BCUT2D eigenvalue weighted by atomic mass is 10.3. The number of nitrogen functional groups attached to an aromatic ring is 1. The van der Waals surface area contributed by atoms with E-state index in [0.717, 1.165) is 0 Å². The van der Waals surface area contributed by atoms with Crippen LogP contribution in [-0.2, 0) is 0 Å². The normalized spacial score (nSPS) is 11.3. The van der Waals surface area contributed by atoms with E-state index >= 15 is 0 Å². The summed E-state index contributed by atoms with van der Waals surface area (Å²) in [7, 11) is 0. The Morgan fingerprint density at radius 2 is 2.11 bits per heavy atom. The van der Waals surface area contributed by atoms with Gasteiger partial charge in [0.1, 0.15) is 18.1 Å². The molecule has 0 unspecified atom stereocenters. The maximum absolute atomic E-state index is 12.3. The number of pyridine rings is 1. The van der Waals surface area contributed by atoms with Crippen molar-refractivity contribution in [2.45, 2.75) is 6.18 Å². The average molecular weight is 263 g/mol. The molecule has 18 heavy (non-hydrogen) atoms. The second-order valence-corrected chi connectivity index (χ2v) is 3.51. The minimum atomic E-state index is -4.54. The Labute approximate surface area is 101 Å². The van der Waals surface area contributed by atoms with Crippen molar-refractivity contribution < 1.29 is 23.1 Å². The molecule has 0 bridgehead atoms. The Kier molecular flexibility index (Phi) is 4.49. The first kappa shape index (κ1) is 14.2. The summed E-state index contributed by atoms with van der Waals surface area (Å²) in [6.45, 7) is -2.43. The summed E-state index contributed by atoms with van der Waals surface area (Å²) in [5.41, 5.74) is 5.16. The molecule has 0 spiro atoms. The highest BCUT2D eigenvalue weighted by atomic mass is 19.4. The van der Waals surface area contributed by atoms with Crippen molar-refractivity contribution in [3.05, 3.63) is 23.9 Å². The summed E-state index contributed by atoms with van der Waals surface area (Å²) < 4.78 is 36.8. The van der Waals surface area contributed by atoms with Gasteiger partial charge in [0.2, 0.25) is 0 Å². The molecule has 0 aliphatic rings. The molecular formula is C10H12F3N3O2. The number of carbonyl (C=O) groups excluding carboxylic acids is 1. The van der Waals surface area contributed by atoms with Gasteiger partial charge in [0, 0.05) is 6.54 Å². The molecule has 0 atom stereocenters. The third-order valence-corrected chi connectivity index (χ3v) is 2.02. The summed E-state index contributed by atoms with van der Waals surface area (Å²) in [6, 6.07) is 4.09. The van der Waals surface area contributed by atoms with E-state index in [1.165, 1.54) is 18.2 Å². The lowest BCUT2D eigenvalue weighted by Crippen LogP contribution is -2.41. The van der Waals surface area contributed by atoms with Gasteiger partial charge in [-0.25, -0.2) is 4.98 Å². The van der Waals surface area contributed by atoms with Crippen LogP contribution in [0.4, 0.5) is 19.0 Å². The lowest BCUT2D eigenvalue weighted by molar-refractivity contribution is -0.141. The van der Waals surface area contributed by atoms with Crippen molar-refractivity contribution in [3.8, 4) is 0 Å². The molecule has 0 aliphatic heterocycles. The number of nitrogens with zero attached hydrogens (tertiary/aromatic N) is 2. The van der Waals surface area contributed by atoms with E-state index in [1.807, 2.05) is 0 Å². The highest BCUT2D eigenvalue weighted by Gasteiger charge is 2.33. The molecule has 0 fully saturated rings. The van der Waals surface area contributed by atoms with Crippen molar-refractivity contribution in [1.29, 1.82) is 0 Å². The minimum Gasteiger partial charge on any atom is -0.395 e. The summed E-state index contributed by atoms with van der Waals surface area (Å²) in [5.74, 6) is -0.884. The minimum absolute atomic E-state index is 0.0387. The third-order valence-electron chi connectivity index (χ3n) is 2.02. The van der Waals surface area contributed by atoms with Crippen LogP contribution in [0.15, 0.2) is 18.2 Å². The van der Waals surface area contributed by atoms with Crippen molar-refractivity contribution in [3.63, 3.8) is 0 Å². The number of aliphatic hydroxyl groups excluding tert-OH is 1. The zero-order chi connectivity index (χ0) is 13.8. The van der Waals surface area contributed by atoms with E-state index < -0.39 is 31.8 Å². The summed E-state index contributed by atoms with van der Waals surface area (Å²) in [5, 5.41) is 8.68. The number of hydrogen-bond acceptors (Lipinski definition) is 4. The Balaban J connectivity index is 2.89. The van der Waals surface area contributed by atoms with Crippen LogP contribution in [0.1, 0.15) is 10.5 Å². The molecule has 1 heterocycles. The zero-order valence-electron chi connectivity index (χ0n) is 9.31. The molecule has 0 aromatic carbocycles. The monoisotopic (exact) mass is 263 g/mol. The Bertz CT molecular complexity index is 423. The molecule has 1 rings (SSSR count). The molecule has 1 aromatic rings. The summed E-state index contributed by atoms with van der Waals surface area (Å²) >= 11 is 0. The highest BCUT2D eigenvalue weighted by Crippen LogP contribution is 2.17. The van der Waals surface area contributed by atoms with Gasteiger partial charge in [0.15, 0.2) is 0 Å². The smallest absolute Gasteiger partial charge is 0.395 e. The van der Waals surface area contributed by atoms with Crippen LogP contribution in [0, 0.1) is 0 Å². The van der Waals surface area contributed by atoms with Gasteiger partial charge in [-0.3, -0.25) is 4.79 Å². The number of amides is 1. The van der Waals surface area contributed by atoms with Gasteiger partial charge in [-0.2, -0.15) is 13.2 Å². The second-order valence-electron chi connectivity index (χ2n) is 3.51. The standard InChI is InChI=1S/C10H12F3N3O2/c11-10(12,13)6-16(4-5-17)9(18)7-2-1-3-8(14)15-7/h1-3,17H,4-6H2,(H2,14,15). The van der Waals surface area contributed by atoms with Crippen LogP contribution in [0.2, 0.25) is 0 Å². The SMILES string of the molecule is Nc1cccc(C(=O)N(CCO)CC(F)(F)F)n1. The van der Waals surface area contributed by atoms with Crippen LogP contribution in [0.25, 0.3) is 0 Å². The Morgan fingerprint density at radius 1 is 1.44 bits per heavy atom. The number of aliphatic hydroxyl groups is 1. The van der Waals surface area contributed by atoms with Gasteiger partial charge in [0.25, 0.3) is 5.91 Å². The van der Waals surface area contributed by atoms with E-state index in [2.05, 4.69) is 4.98 Å². The van der Waals surface area contributed by atoms with Crippen LogP contribution < -0.4 is 5.73 Å². The maximum atomic E-state index is 12.3.